The van der Waals surface area contributed by atoms with Gasteiger partial charge >= 0.3 is 5.97 Å². The maximum absolute atomic E-state index is 11.9. The number of rotatable bonds is 8. The van der Waals surface area contributed by atoms with Gasteiger partial charge in [-0.25, -0.2) is 4.79 Å². The maximum atomic E-state index is 11.9. The summed E-state index contributed by atoms with van der Waals surface area (Å²) in [6.07, 6.45) is 1.07. The van der Waals surface area contributed by atoms with Crippen LogP contribution in [0.5, 0.6) is 0 Å². The fourth-order valence-corrected chi connectivity index (χ4v) is 3.32. The molecular weight excluding hydrogens is 280 g/mol. The Hall–Kier alpha value is -0.750. The average Bonchev–Trinajstić information content (AvgIpc) is 2.71. The first-order valence-electron chi connectivity index (χ1n) is 6.57. The molecule has 0 saturated heterocycles. The molecule has 1 aromatic rings. The molecule has 1 N–H and O–H groups in total. The van der Waals surface area contributed by atoms with Gasteiger partial charge in [0.2, 0.25) is 0 Å². The van der Waals surface area contributed by atoms with Gasteiger partial charge in [-0.2, -0.15) is 16.1 Å². The van der Waals surface area contributed by atoms with Crippen LogP contribution in [0.2, 0.25) is 0 Å². The molecule has 0 bridgehead atoms. The zero-order valence-electron chi connectivity index (χ0n) is 12.0. The average molecular weight is 302 g/mol. The van der Waals surface area contributed by atoms with Crippen LogP contribution < -0.4 is 5.32 Å². The quantitative estimate of drug-likeness (QED) is 0.587. The van der Waals surface area contributed by atoms with Gasteiger partial charge in [-0.05, 0) is 50.2 Å². The van der Waals surface area contributed by atoms with Gasteiger partial charge in [-0.15, -0.1) is 0 Å². The van der Waals surface area contributed by atoms with Gasteiger partial charge in [0.1, 0.15) is 10.6 Å². The highest BCUT2D eigenvalue weighted by atomic mass is 32.2. The van der Waals surface area contributed by atoms with Crippen molar-refractivity contribution < 1.29 is 9.53 Å². The summed E-state index contributed by atoms with van der Waals surface area (Å²) in [6, 6.07) is 0.326. The van der Waals surface area contributed by atoms with Crippen molar-refractivity contribution in [2.24, 2.45) is 0 Å². The summed E-state index contributed by atoms with van der Waals surface area (Å²) in [5, 5.41) is 4.20. The van der Waals surface area contributed by atoms with E-state index >= 15 is 0 Å². The van der Waals surface area contributed by atoms with Crippen molar-refractivity contribution in [2.75, 3.05) is 23.4 Å². The zero-order chi connectivity index (χ0) is 14.3. The van der Waals surface area contributed by atoms with Crippen LogP contribution in [-0.4, -0.2) is 34.5 Å². The van der Waals surface area contributed by atoms with Crippen LogP contribution >= 0.6 is 23.3 Å². The number of aryl methyl sites for hydroxylation is 1. The van der Waals surface area contributed by atoms with E-state index in [1.807, 2.05) is 25.6 Å². The molecule has 0 aromatic carbocycles. The number of nitrogens with zero attached hydrogens (tertiary/aromatic N) is 1. The Labute approximate surface area is 123 Å². The smallest absolute Gasteiger partial charge is 0.343 e. The Bertz CT molecular complexity index is 407. The second-order valence-corrected chi connectivity index (χ2v) is 6.39. The molecule has 1 unspecified atom stereocenters. The van der Waals surface area contributed by atoms with Gasteiger partial charge < -0.3 is 10.1 Å². The highest BCUT2D eigenvalue weighted by Gasteiger charge is 2.20. The van der Waals surface area contributed by atoms with E-state index in [1.54, 1.807) is 0 Å². The van der Waals surface area contributed by atoms with Crippen LogP contribution in [-0.2, 0) is 4.74 Å². The van der Waals surface area contributed by atoms with Gasteiger partial charge in [0.15, 0.2) is 0 Å². The first-order chi connectivity index (χ1) is 9.10. The molecule has 1 aromatic heterocycles. The normalized spacial score (nSPS) is 12.2. The summed E-state index contributed by atoms with van der Waals surface area (Å²) in [5.41, 5.74) is 1.32. The van der Waals surface area contributed by atoms with Crippen molar-refractivity contribution in [1.29, 1.82) is 0 Å². The molecule has 19 heavy (non-hydrogen) atoms. The molecule has 0 aliphatic heterocycles. The third-order valence-electron chi connectivity index (χ3n) is 2.62. The summed E-state index contributed by atoms with van der Waals surface area (Å²) in [7, 11) is 0. The van der Waals surface area contributed by atoms with Crippen molar-refractivity contribution in [3.63, 3.8) is 0 Å². The molecule has 4 nitrogen and oxygen atoms in total. The van der Waals surface area contributed by atoms with E-state index in [2.05, 4.69) is 23.5 Å². The van der Waals surface area contributed by atoms with E-state index in [4.69, 9.17) is 4.74 Å². The van der Waals surface area contributed by atoms with E-state index in [0.717, 1.165) is 28.6 Å². The lowest BCUT2D eigenvalue weighted by molar-refractivity contribution is 0.0527. The summed E-state index contributed by atoms with van der Waals surface area (Å²) < 4.78 is 9.31. The number of nitrogens with one attached hydrogen (secondary N) is 1. The van der Waals surface area contributed by atoms with E-state index in [-0.39, 0.29) is 5.97 Å². The molecule has 1 atom stereocenters. The lowest BCUT2D eigenvalue weighted by Crippen LogP contribution is -2.17. The molecule has 0 aliphatic carbocycles. The Balaban J connectivity index is 2.65. The van der Waals surface area contributed by atoms with Crippen LogP contribution in [0, 0.1) is 6.92 Å². The molecule has 1 rings (SSSR count). The Kier molecular flexibility index (Phi) is 7.23. The molecule has 108 valence electrons. The van der Waals surface area contributed by atoms with E-state index in [0.29, 0.717) is 18.2 Å². The standard InChI is InChI=1S/C13H22N2O2S2/c1-5-17-13(16)11-10(4)15-19-12(11)14-9(3)7-8-18-6-2/h9,14H,5-8H2,1-4H3. The number of ether oxygens (including phenoxy) is 1. The number of anilines is 1. The molecule has 0 amide bonds. The molecule has 0 aliphatic rings. The van der Waals surface area contributed by atoms with Gasteiger partial charge in [0, 0.05) is 6.04 Å². The topological polar surface area (TPSA) is 51.2 Å². The minimum atomic E-state index is -0.286. The summed E-state index contributed by atoms with van der Waals surface area (Å²) in [5.74, 6) is 1.98. The van der Waals surface area contributed by atoms with E-state index in [1.165, 1.54) is 11.5 Å². The Morgan fingerprint density at radius 1 is 1.53 bits per heavy atom. The van der Waals surface area contributed by atoms with E-state index in [9.17, 15) is 4.79 Å². The second-order valence-electron chi connectivity index (χ2n) is 4.22. The molecule has 0 fully saturated rings. The van der Waals surface area contributed by atoms with Crippen LogP contribution in [0.1, 0.15) is 43.2 Å². The monoisotopic (exact) mass is 302 g/mol. The predicted molar refractivity (Wildman–Crippen MR) is 83.5 cm³/mol. The SMILES string of the molecule is CCOC(=O)c1c(C)nsc1NC(C)CCSCC. The molecule has 0 spiro atoms. The summed E-state index contributed by atoms with van der Waals surface area (Å²) in [4.78, 5) is 11.9. The van der Waals surface area contributed by atoms with Crippen LogP contribution in [0.4, 0.5) is 5.00 Å². The minimum Gasteiger partial charge on any atom is -0.462 e. The van der Waals surface area contributed by atoms with Gasteiger partial charge in [0.05, 0.1) is 12.3 Å². The van der Waals surface area contributed by atoms with Gasteiger partial charge in [-0.1, -0.05) is 6.92 Å². The number of aromatic nitrogens is 1. The van der Waals surface area contributed by atoms with Crippen LogP contribution in [0.25, 0.3) is 0 Å². The van der Waals surface area contributed by atoms with Crippen molar-refractivity contribution in [3.05, 3.63) is 11.3 Å². The first kappa shape index (κ1) is 16.3. The number of hydrogen-bond donors (Lipinski definition) is 1. The molecule has 1 heterocycles. The maximum Gasteiger partial charge on any atom is 0.343 e. The fraction of sp³-hybridized carbons (Fsp3) is 0.692. The first-order valence-corrected chi connectivity index (χ1v) is 8.50. The number of thioether (sulfide) groups is 1. The zero-order valence-corrected chi connectivity index (χ0v) is 13.6. The van der Waals surface area contributed by atoms with Crippen molar-refractivity contribution in [1.82, 2.24) is 4.37 Å². The summed E-state index contributed by atoms with van der Waals surface area (Å²) in [6.45, 7) is 8.32. The Morgan fingerprint density at radius 3 is 2.89 bits per heavy atom. The third kappa shape index (κ3) is 5.03. The summed E-state index contributed by atoms with van der Waals surface area (Å²) >= 11 is 3.26. The van der Waals surface area contributed by atoms with Crippen molar-refractivity contribution in [3.8, 4) is 0 Å². The predicted octanol–water partition coefficient (Wildman–Crippen LogP) is 3.57. The highest BCUT2D eigenvalue weighted by Crippen LogP contribution is 2.26. The number of hydrogen-bond acceptors (Lipinski definition) is 6. The van der Waals surface area contributed by atoms with Gasteiger partial charge in [-0.3, -0.25) is 0 Å². The Morgan fingerprint density at radius 2 is 2.26 bits per heavy atom. The van der Waals surface area contributed by atoms with Gasteiger partial charge in [0.25, 0.3) is 0 Å². The highest BCUT2D eigenvalue weighted by molar-refractivity contribution is 7.99. The lowest BCUT2D eigenvalue weighted by atomic mass is 10.2. The number of carbonyl (C=O) groups excluding carboxylic acids is 1. The van der Waals surface area contributed by atoms with E-state index < -0.39 is 0 Å². The third-order valence-corrected chi connectivity index (χ3v) is 4.42. The van der Waals surface area contributed by atoms with Crippen LogP contribution in [0.3, 0.4) is 0 Å². The molecule has 0 radical (unpaired) electrons. The van der Waals surface area contributed by atoms with Crippen molar-refractivity contribution >= 4 is 34.3 Å². The fourth-order valence-electron chi connectivity index (χ4n) is 1.61. The number of esters is 1. The molecule has 6 heteroatoms. The molecule has 0 saturated carbocycles. The molecular formula is C13H22N2O2S2. The largest absolute Gasteiger partial charge is 0.462 e. The minimum absolute atomic E-state index is 0.286. The second kappa shape index (κ2) is 8.43. The lowest BCUT2D eigenvalue weighted by Gasteiger charge is -2.14. The van der Waals surface area contributed by atoms with Crippen molar-refractivity contribution in [2.45, 2.75) is 40.2 Å². The number of carbonyl (C=O) groups is 1. The van der Waals surface area contributed by atoms with Crippen LogP contribution in [0.15, 0.2) is 0 Å².